The number of nitrogens with one attached hydrogen (secondary N) is 1. The van der Waals surface area contributed by atoms with Gasteiger partial charge in [-0.15, -0.1) is 0 Å². The summed E-state index contributed by atoms with van der Waals surface area (Å²) in [6.07, 6.45) is 4.87. The summed E-state index contributed by atoms with van der Waals surface area (Å²) in [6.45, 7) is 1.96. The minimum absolute atomic E-state index is 0.0235. The largest absolute Gasteiger partial charge is 0.477 e. The highest BCUT2D eigenvalue weighted by molar-refractivity contribution is 5.93. The first-order chi connectivity index (χ1) is 13.1. The third kappa shape index (κ3) is 3.22. The van der Waals surface area contributed by atoms with Gasteiger partial charge >= 0.3 is 5.97 Å². The number of pyridine rings is 1. The molecule has 0 radical (unpaired) electrons. The maximum absolute atomic E-state index is 11.6. The molecule has 3 heterocycles. The predicted molar refractivity (Wildman–Crippen MR) is 102 cm³/mol. The molecule has 7 heteroatoms. The molecule has 1 unspecified atom stereocenters. The summed E-state index contributed by atoms with van der Waals surface area (Å²) >= 11 is 0. The molecule has 0 amide bonds. The van der Waals surface area contributed by atoms with Gasteiger partial charge in [-0.05, 0) is 24.6 Å². The SMILES string of the molecule is CC(Nc1nc(-c2cnc3ccccn23)ncc1C(=O)O)c1ccccc1. The number of hydrogen-bond acceptors (Lipinski definition) is 5. The minimum Gasteiger partial charge on any atom is -0.477 e. The average Bonchev–Trinajstić information content (AvgIpc) is 3.12. The summed E-state index contributed by atoms with van der Waals surface area (Å²) in [5, 5.41) is 12.7. The van der Waals surface area contributed by atoms with Gasteiger partial charge in [-0.25, -0.2) is 19.7 Å². The van der Waals surface area contributed by atoms with Crippen LogP contribution in [0.5, 0.6) is 0 Å². The van der Waals surface area contributed by atoms with Crippen molar-refractivity contribution in [3.05, 3.63) is 78.2 Å². The van der Waals surface area contributed by atoms with Gasteiger partial charge in [-0.3, -0.25) is 4.40 Å². The van der Waals surface area contributed by atoms with Gasteiger partial charge in [-0.2, -0.15) is 0 Å². The van der Waals surface area contributed by atoms with Gasteiger partial charge in [0.2, 0.25) is 0 Å². The molecule has 27 heavy (non-hydrogen) atoms. The van der Waals surface area contributed by atoms with E-state index in [0.29, 0.717) is 11.5 Å². The highest BCUT2D eigenvalue weighted by Crippen LogP contribution is 2.24. The fourth-order valence-electron chi connectivity index (χ4n) is 2.90. The third-order valence-electron chi connectivity index (χ3n) is 4.32. The number of carboxylic acids is 1. The van der Waals surface area contributed by atoms with Crippen molar-refractivity contribution in [1.82, 2.24) is 19.4 Å². The second-order valence-corrected chi connectivity index (χ2v) is 6.11. The van der Waals surface area contributed by atoms with Crippen molar-refractivity contribution in [2.45, 2.75) is 13.0 Å². The Balaban J connectivity index is 1.76. The van der Waals surface area contributed by atoms with E-state index in [-0.39, 0.29) is 17.4 Å². The van der Waals surface area contributed by atoms with Gasteiger partial charge in [0.25, 0.3) is 0 Å². The number of nitrogens with zero attached hydrogens (tertiary/aromatic N) is 4. The first-order valence-electron chi connectivity index (χ1n) is 8.48. The maximum Gasteiger partial charge on any atom is 0.341 e. The number of carbonyl (C=O) groups is 1. The van der Waals surface area contributed by atoms with Crippen molar-refractivity contribution in [1.29, 1.82) is 0 Å². The second kappa shape index (κ2) is 6.87. The van der Waals surface area contributed by atoms with E-state index in [1.807, 2.05) is 66.1 Å². The van der Waals surface area contributed by atoms with Crippen LogP contribution < -0.4 is 5.32 Å². The lowest BCUT2D eigenvalue weighted by Crippen LogP contribution is -2.13. The molecule has 7 nitrogen and oxygen atoms in total. The number of rotatable bonds is 5. The zero-order chi connectivity index (χ0) is 18.8. The van der Waals surface area contributed by atoms with Crippen molar-refractivity contribution >= 4 is 17.4 Å². The number of hydrogen-bond donors (Lipinski definition) is 2. The second-order valence-electron chi connectivity index (χ2n) is 6.11. The van der Waals surface area contributed by atoms with E-state index in [2.05, 4.69) is 20.3 Å². The molecule has 0 bridgehead atoms. The minimum atomic E-state index is -1.08. The van der Waals surface area contributed by atoms with Gasteiger partial charge in [0, 0.05) is 18.4 Å². The molecule has 0 aliphatic carbocycles. The Morgan fingerprint density at radius 3 is 2.63 bits per heavy atom. The van der Waals surface area contributed by atoms with E-state index in [4.69, 9.17) is 0 Å². The molecule has 0 aliphatic heterocycles. The van der Waals surface area contributed by atoms with Crippen LogP contribution >= 0.6 is 0 Å². The summed E-state index contributed by atoms with van der Waals surface area (Å²) in [4.78, 5) is 24.7. The molecule has 0 saturated carbocycles. The molecular weight excluding hydrogens is 342 g/mol. The summed E-state index contributed by atoms with van der Waals surface area (Å²) < 4.78 is 1.86. The van der Waals surface area contributed by atoms with Crippen LogP contribution in [0.2, 0.25) is 0 Å². The first kappa shape index (κ1) is 16.7. The Hall–Kier alpha value is -3.74. The van der Waals surface area contributed by atoms with E-state index in [1.54, 1.807) is 6.20 Å². The molecule has 1 aromatic carbocycles. The maximum atomic E-state index is 11.6. The molecule has 134 valence electrons. The molecular formula is C20H17N5O2. The topological polar surface area (TPSA) is 92.4 Å². The number of anilines is 1. The fraction of sp³-hybridized carbons (Fsp3) is 0.100. The van der Waals surface area contributed by atoms with E-state index in [0.717, 1.165) is 11.2 Å². The predicted octanol–water partition coefficient (Wildman–Crippen LogP) is 3.66. The zero-order valence-electron chi connectivity index (χ0n) is 14.6. The normalized spacial score (nSPS) is 12.0. The van der Waals surface area contributed by atoms with Crippen molar-refractivity contribution < 1.29 is 9.90 Å². The molecule has 2 N–H and O–H groups in total. The number of aromatic carboxylic acids is 1. The van der Waals surface area contributed by atoms with Gasteiger partial charge < -0.3 is 10.4 Å². The smallest absolute Gasteiger partial charge is 0.341 e. The standard InChI is InChI=1S/C20H17N5O2/c1-13(14-7-3-2-4-8-14)23-18-15(20(26)27)11-22-19(24-18)16-12-21-17-9-5-6-10-25(16)17/h2-13H,1H3,(H,26,27)(H,22,23,24). The van der Waals surface area contributed by atoms with Gasteiger partial charge in [0.15, 0.2) is 5.82 Å². The number of imidazole rings is 1. The number of carboxylic acid groups (broad SMARTS) is 1. The summed E-state index contributed by atoms with van der Waals surface area (Å²) in [6, 6.07) is 15.3. The summed E-state index contributed by atoms with van der Waals surface area (Å²) in [5.41, 5.74) is 2.52. The van der Waals surface area contributed by atoms with Crippen LogP contribution in [-0.4, -0.2) is 30.4 Å². The van der Waals surface area contributed by atoms with Crippen molar-refractivity contribution in [3.8, 4) is 11.5 Å². The Morgan fingerprint density at radius 1 is 1.07 bits per heavy atom. The average molecular weight is 359 g/mol. The molecule has 0 saturated heterocycles. The molecule has 1 atom stereocenters. The fourth-order valence-corrected chi connectivity index (χ4v) is 2.90. The van der Waals surface area contributed by atoms with Crippen LogP contribution in [0.1, 0.15) is 28.9 Å². The number of fused-ring (bicyclic) bond motifs is 1. The third-order valence-corrected chi connectivity index (χ3v) is 4.32. The van der Waals surface area contributed by atoms with Crippen LogP contribution in [0.15, 0.2) is 67.1 Å². The van der Waals surface area contributed by atoms with Gasteiger partial charge in [-0.1, -0.05) is 36.4 Å². The molecule has 0 spiro atoms. The van der Waals surface area contributed by atoms with Crippen molar-refractivity contribution in [3.63, 3.8) is 0 Å². The lowest BCUT2D eigenvalue weighted by atomic mass is 10.1. The number of benzene rings is 1. The molecule has 4 rings (SSSR count). The molecule has 0 aliphatic rings. The van der Waals surface area contributed by atoms with E-state index < -0.39 is 5.97 Å². The first-order valence-corrected chi connectivity index (χ1v) is 8.48. The van der Waals surface area contributed by atoms with Crippen molar-refractivity contribution in [2.75, 3.05) is 5.32 Å². The quantitative estimate of drug-likeness (QED) is 0.565. The Kier molecular flexibility index (Phi) is 4.25. The molecule has 4 aromatic rings. The lowest BCUT2D eigenvalue weighted by molar-refractivity contribution is 0.0697. The van der Waals surface area contributed by atoms with E-state index >= 15 is 0 Å². The molecule has 3 aromatic heterocycles. The van der Waals surface area contributed by atoms with Crippen molar-refractivity contribution in [2.24, 2.45) is 0 Å². The van der Waals surface area contributed by atoms with Crippen LogP contribution in [0.3, 0.4) is 0 Å². The van der Waals surface area contributed by atoms with E-state index in [9.17, 15) is 9.90 Å². The highest BCUT2D eigenvalue weighted by Gasteiger charge is 2.18. The van der Waals surface area contributed by atoms with Gasteiger partial charge in [0.1, 0.15) is 22.7 Å². The van der Waals surface area contributed by atoms with Crippen LogP contribution in [0.4, 0.5) is 5.82 Å². The van der Waals surface area contributed by atoms with Crippen LogP contribution in [0.25, 0.3) is 17.2 Å². The zero-order valence-corrected chi connectivity index (χ0v) is 14.6. The van der Waals surface area contributed by atoms with Crippen LogP contribution in [0, 0.1) is 0 Å². The summed E-state index contributed by atoms with van der Waals surface area (Å²) in [7, 11) is 0. The number of aromatic nitrogens is 4. The van der Waals surface area contributed by atoms with Crippen LogP contribution in [-0.2, 0) is 0 Å². The monoisotopic (exact) mass is 359 g/mol. The Labute approximate surface area is 155 Å². The summed E-state index contributed by atoms with van der Waals surface area (Å²) in [5.74, 6) is -0.404. The highest BCUT2D eigenvalue weighted by atomic mass is 16.4. The van der Waals surface area contributed by atoms with Gasteiger partial charge in [0.05, 0.1) is 6.20 Å². The lowest BCUT2D eigenvalue weighted by Gasteiger charge is -2.17. The Bertz CT molecular complexity index is 1110. The Morgan fingerprint density at radius 2 is 1.85 bits per heavy atom. The van der Waals surface area contributed by atoms with E-state index in [1.165, 1.54) is 6.20 Å². The molecule has 0 fully saturated rings.